The van der Waals surface area contributed by atoms with Gasteiger partial charge in [-0.05, 0) is 19.2 Å². The lowest BCUT2D eigenvalue weighted by Gasteiger charge is -2.16. The number of likely N-dealkylation sites (N-methyl/N-ethyl adjacent to an activating group) is 1. The lowest BCUT2D eigenvalue weighted by Crippen LogP contribution is -2.34. The highest BCUT2D eigenvalue weighted by molar-refractivity contribution is 5.98. The monoisotopic (exact) mass is 299 g/mol. The van der Waals surface area contributed by atoms with Gasteiger partial charge in [-0.25, -0.2) is 4.39 Å². The van der Waals surface area contributed by atoms with Gasteiger partial charge in [-0.1, -0.05) is 0 Å². The number of hydrogen-bond acceptors (Lipinski definition) is 5. The van der Waals surface area contributed by atoms with Crippen molar-refractivity contribution in [3.8, 4) is 0 Å². The summed E-state index contributed by atoms with van der Waals surface area (Å²) in [6, 6.07) is 2.80. The Morgan fingerprint density at radius 3 is 2.81 bits per heavy atom. The van der Waals surface area contributed by atoms with Crippen molar-refractivity contribution in [2.24, 2.45) is 0 Å². The number of carbonyl (C=O) groups is 1. The van der Waals surface area contributed by atoms with Crippen LogP contribution in [0.25, 0.3) is 0 Å². The van der Waals surface area contributed by atoms with Gasteiger partial charge in [0.25, 0.3) is 11.6 Å². The number of halogens is 1. The van der Waals surface area contributed by atoms with Gasteiger partial charge < -0.3 is 15.0 Å². The molecule has 0 bridgehead atoms. The average Bonchev–Trinajstić information content (AvgIpc) is 2.44. The Hall–Kier alpha value is -2.06. The predicted octanol–water partition coefficient (Wildman–Crippen LogP) is 1.04. The number of hydrogen-bond donors (Lipinski definition) is 1. The minimum absolute atomic E-state index is 0.278. The maximum atomic E-state index is 13.1. The predicted molar refractivity (Wildman–Crippen MR) is 74.8 cm³/mol. The third-order valence-electron chi connectivity index (χ3n) is 2.86. The molecule has 0 saturated carbocycles. The Morgan fingerprint density at radius 1 is 1.48 bits per heavy atom. The Morgan fingerprint density at radius 2 is 2.19 bits per heavy atom. The van der Waals surface area contributed by atoms with Crippen LogP contribution in [0.15, 0.2) is 18.2 Å². The molecule has 0 fully saturated rings. The molecule has 1 aromatic carbocycles. The zero-order valence-corrected chi connectivity index (χ0v) is 12.0. The van der Waals surface area contributed by atoms with Crippen LogP contribution in [-0.2, 0) is 4.74 Å². The third kappa shape index (κ3) is 5.44. The fraction of sp³-hybridized carbons (Fsp3) is 0.462. The molecule has 0 heterocycles. The number of nitrogens with zero attached hydrogens (tertiary/aromatic N) is 2. The molecule has 1 rings (SSSR count). The number of nitro groups is 1. The van der Waals surface area contributed by atoms with E-state index in [9.17, 15) is 19.3 Å². The molecule has 21 heavy (non-hydrogen) atoms. The molecule has 1 N–H and O–H groups in total. The minimum atomic E-state index is -0.709. The van der Waals surface area contributed by atoms with Crippen LogP contribution < -0.4 is 5.32 Å². The highest BCUT2D eigenvalue weighted by Crippen LogP contribution is 2.19. The zero-order chi connectivity index (χ0) is 15.8. The van der Waals surface area contributed by atoms with Crippen molar-refractivity contribution in [3.05, 3.63) is 39.7 Å². The molecule has 7 nitrogen and oxygen atoms in total. The Kier molecular flexibility index (Phi) is 6.70. The first kappa shape index (κ1) is 17.0. The molecular weight excluding hydrogens is 281 g/mol. The summed E-state index contributed by atoms with van der Waals surface area (Å²) in [6.07, 6.45) is 0. The molecule has 0 atom stereocenters. The molecule has 0 aliphatic rings. The minimum Gasteiger partial charge on any atom is -0.383 e. The molecule has 0 saturated heterocycles. The largest absolute Gasteiger partial charge is 0.383 e. The molecule has 0 aromatic heterocycles. The Labute approximate surface area is 121 Å². The highest BCUT2D eigenvalue weighted by atomic mass is 19.1. The van der Waals surface area contributed by atoms with E-state index >= 15 is 0 Å². The first-order chi connectivity index (χ1) is 9.95. The highest BCUT2D eigenvalue weighted by Gasteiger charge is 2.20. The third-order valence-corrected chi connectivity index (χ3v) is 2.86. The van der Waals surface area contributed by atoms with Crippen LogP contribution in [0.5, 0.6) is 0 Å². The van der Waals surface area contributed by atoms with Crippen molar-refractivity contribution in [1.82, 2.24) is 10.2 Å². The van der Waals surface area contributed by atoms with E-state index < -0.39 is 22.3 Å². The van der Waals surface area contributed by atoms with E-state index in [1.54, 1.807) is 7.11 Å². The van der Waals surface area contributed by atoms with Gasteiger partial charge >= 0.3 is 0 Å². The van der Waals surface area contributed by atoms with E-state index in [1.807, 2.05) is 11.9 Å². The zero-order valence-electron chi connectivity index (χ0n) is 12.0. The van der Waals surface area contributed by atoms with Gasteiger partial charge in [-0.2, -0.15) is 0 Å². The standard InChI is InChI=1S/C13H18FN3O4/c1-16(7-8-21-2)6-5-15-13(18)11-9-10(14)3-4-12(11)17(19)20/h3-4,9H,5-8H2,1-2H3,(H,15,18). The summed E-state index contributed by atoms with van der Waals surface area (Å²) in [6.45, 7) is 2.12. The second-order valence-corrected chi connectivity index (χ2v) is 4.47. The van der Waals surface area contributed by atoms with Crippen LogP contribution in [0.2, 0.25) is 0 Å². The summed E-state index contributed by atoms with van der Waals surface area (Å²) in [5.74, 6) is -1.36. The summed E-state index contributed by atoms with van der Waals surface area (Å²) in [5.41, 5.74) is -0.693. The first-order valence-corrected chi connectivity index (χ1v) is 6.35. The van der Waals surface area contributed by atoms with Gasteiger partial charge in [0.1, 0.15) is 11.4 Å². The van der Waals surface area contributed by atoms with E-state index in [-0.39, 0.29) is 5.56 Å². The normalized spacial score (nSPS) is 10.7. The number of methoxy groups -OCH3 is 1. The molecule has 0 radical (unpaired) electrons. The van der Waals surface area contributed by atoms with Crippen LogP contribution in [0.4, 0.5) is 10.1 Å². The number of rotatable bonds is 8. The maximum Gasteiger partial charge on any atom is 0.282 e. The van der Waals surface area contributed by atoms with Crippen molar-refractivity contribution in [2.45, 2.75) is 0 Å². The fourth-order valence-electron chi connectivity index (χ4n) is 1.66. The van der Waals surface area contributed by atoms with E-state index in [0.29, 0.717) is 26.2 Å². The molecule has 0 spiro atoms. The number of nitrogens with one attached hydrogen (secondary N) is 1. The van der Waals surface area contributed by atoms with Crippen molar-refractivity contribution >= 4 is 11.6 Å². The van der Waals surface area contributed by atoms with E-state index in [4.69, 9.17) is 4.74 Å². The van der Waals surface area contributed by atoms with Gasteiger partial charge in [-0.3, -0.25) is 14.9 Å². The van der Waals surface area contributed by atoms with Crippen LogP contribution in [-0.4, -0.2) is 56.1 Å². The van der Waals surface area contributed by atoms with Crippen LogP contribution in [0, 0.1) is 15.9 Å². The van der Waals surface area contributed by atoms with Gasteiger partial charge in [0, 0.05) is 32.8 Å². The molecular formula is C13H18FN3O4. The van der Waals surface area contributed by atoms with Gasteiger partial charge in [0.15, 0.2) is 0 Å². The van der Waals surface area contributed by atoms with Gasteiger partial charge in [0.05, 0.1) is 11.5 Å². The lowest BCUT2D eigenvalue weighted by molar-refractivity contribution is -0.385. The van der Waals surface area contributed by atoms with Gasteiger partial charge in [0.2, 0.25) is 0 Å². The maximum absolute atomic E-state index is 13.1. The fourth-order valence-corrected chi connectivity index (χ4v) is 1.66. The molecule has 1 amide bonds. The van der Waals surface area contributed by atoms with E-state index in [1.165, 1.54) is 0 Å². The summed E-state index contributed by atoms with van der Waals surface area (Å²) in [7, 11) is 3.45. The molecule has 0 aliphatic heterocycles. The number of benzene rings is 1. The van der Waals surface area contributed by atoms with Crippen LogP contribution in [0.3, 0.4) is 0 Å². The SMILES string of the molecule is COCCN(C)CCNC(=O)c1cc(F)ccc1[N+](=O)[O-]. The number of carbonyl (C=O) groups excluding carboxylic acids is 1. The van der Waals surface area contributed by atoms with Crippen molar-refractivity contribution in [3.63, 3.8) is 0 Å². The molecule has 1 aromatic rings. The summed E-state index contributed by atoms with van der Waals surface area (Å²) >= 11 is 0. The van der Waals surface area contributed by atoms with Gasteiger partial charge in [-0.15, -0.1) is 0 Å². The van der Waals surface area contributed by atoms with Crippen molar-refractivity contribution in [1.29, 1.82) is 0 Å². The van der Waals surface area contributed by atoms with Crippen molar-refractivity contribution < 1.29 is 18.8 Å². The number of nitro benzene ring substituents is 1. The molecule has 8 heteroatoms. The molecule has 0 unspecified atom stereocenters. The lowest BCUT2D eigenvalue weighted by atomic mass is 10.1. The second kappa shape index (κ2) is 8.28. The average molecular weight is 299 g/mol. The topological polar surface area (TPSA) is 84.7 Å². The second-order valence-electron chi connectivity index (χ2n) is 4.47. The van der Waals surface area contributed by atoms with Crippen LogP contribution >= 0.6 is 0 Å². The summed E-state index contributed by atoms with van der Waals surface area (Å²) < 4.78 is 18.1. The summed E-state index contributed by atoms with van der Waals surface area (Å²) in [4.78, 5) is 23.9. The van der Waals surface area contributed by atoms with E-state index in [2.05, 4.69) is 5.32 Å². The Bertz CT molecular complexity index is 510. The molecule has 116 valence electrons. The molecule has 0 aliphatic carbocycles. The Balaban J connectivity index is 2.60. The van der Waals surface area contributed by atoms with E-state index in [0.717, 1.165) is 18.2 Å². The van der Waals surface area contributed by atoms with Crippen LogP contribution in [0.1, 0.15) is 10.4 Å². The quantitative estimate of drug-likeness (QED) is 0.573. The van der Waals surface area contributed by atoms with Crippen molar-refractivity contribution in [2.75, 3.05) is 40.4 Å². The smallest absolute Gasteiger partial charge is 0.282 e. The number of amides is 1. The summed E-state index contributed by atoms with van der Waals surface area (Å²) in [5, 5.41) is 13.4. The number of ether oxygens (including phenoxy) is 1. The first-order valence-electron chi connectivity index (χ1n) is 6.35.